The highest BCUT2D eigenvalue weighted by Crippen LogP contribution is 2.60. The molecule has 0 spiro atoms. The van der Waals surface area contributed by atoms with Crippen molar-refractivity contribution in [1.82, 2.24) is 14.8 Å². The van der Waals surface area contributed by atoms with Gasteiger partial charge in [0.1, 0.15) is 5.75 Å². The highest BCUT2D eigenvalue weighted by atomic mass is 32.1. The van der Waals surface area contributed by atoms with Crippen LogP contribution in [0.2, 0.25) is 0 Å². The summed E-state index contributed by atoms with van der Waals surface area (Å²) in [6.07, 6.45) is 9.85. The number of aromatic nitrogens is 3. The number of anilines is 1. The topological polar surface area (TPSA) is 69.0 Å². The van der Waals surface area contributed by atoms with E-state index in [0.717, 1.165) is 23.5 Å². The van der Waals surface area contributed by atoms with Gasteiger partial charge in [-0.15, -0.1) is 11.3 Å². The summed E-state index contributed by atoms with van der Waals surface area (Å²) >= 11 is 1.53. The molecule has 1 N–H and O–H groups in total. The fraction of sp³-hybridized carbons (Fsp3) is 0.458. The Balaban J connectivity index is 1.11. The maximum Gasteiger partial charge on any atom is 0.277 e. The van der Waals surface area contributed by atoms with Crippen LogP contribution in [-0.2, 0) is 12.1 Å². The first-order valence-electron chi connectivity index (χ1n) is 11.1. The molecule has 0 saturated heterocycles. The largest absolute Gasteiger partial charge is 0.471 e. The molecule has 7 rings (SSSR count). The monoisotopic (exact) mass is 434 g/mol. The number of carbonyl (C=O) groups is 1. The van der Waals surface area contributed by atoms with E-state index in [1.54, 1.807) is 16.9 Å². The van der Waals surface area contributed by atoms with Gasteiger partial charge in [0.2, 0.25) is 0 Å². The number of amides is 1. The van der Waals surface area contributed by atoms with Crippen molar-refractivity contribution in [2.24, 2.45) is 17.8 Å². The summed E-state index contributed by atoms with van der Waals surface area (Å²) in [5.41, 5.74) is 1.82. The van der Waals surface area contributed by atoms with Gasteiger partial charge in [0, 0.05) is 17.0 Å². The van der Waals surface area contributed by atoms with Crippen LogP contribution < -0.4 is 10.1 Å². The van der Waals surface area contributed by atoms with Crippen LogP contribution in [0.5, 0.6) is 5.75 Å². The number of thiazole rings is 1. The van der Waals surface area contributed by atoms with Gasteiger partial charge in [-0.05, 0) is 74.5 Å². The minimum Gasteiger partial charge on any atom is -0.471 e. The summed E-state index contributed by atoms with van der Waals surface area (Å²) in [5.74, 6) is 3.18. The van der Waals surface area contributed by atoms with Crippen LogP contribution in [0, 0.1) is 17.8 Å². The minimum atomic E-state index is -0.232. The number of carbonyl (C=O) groups excluding carboxylic acids is 1. The molecule has 2 heterocycles. The Bertz CT molecular complexity index is 1050. The van der Waals surface area contributed by atoms with Crippen molar-refractivity contribution in [2.45, 2.75) is 50.7 Å². The highest BCUT2D eigenvalue weighted by Gasteiger charge is 2.52. The van der Waals surface area contributed by atoms with Crippen LogP contribution >= 0.6 is 11.3 Å². The molecule has 4 aliphatic rings. The molecule has 4 saturated carbocycles. The lowest BCUT2D eigenvalue weighted by Gasteiger charge is -2.56. The van der Waals surface area contributed by atoms with Gasteiger partial charge >= 0.3 is 0 Å². The molecule has 0 aliphatic heterocycles. The second-order valence-corrected chi connectivity index (χ2v) is 10.4. The van der Waals surface area contributed by atoms with E-state index in [9.17, 15) is 4.79 Å². The maximum atomic E-state index is 12.7. The summed E-state index contributed by atoms with van der Waals surface area (Å²) in [5, 5.41) is 10.1. The normalized spacial score (nSPS) is 28.6. The molecular weight excluding hydrogens is 408 g/mol. The molecule has 0 radical (unpaired) electrons. The van der Waals surface area contributed by atoms with E-state index in [0.29, 0.717) is 10.8 Å². The lowest BCUT2D eigenvalue weighted by Crippen LogP contribution is -2.48. The van der Waals surface area contributed by atoms with E-state index in [2.05, 4.69) is 15.8 Å². The van der Waals surface area contributed by atoms with Gasteiger partial charge in [0.25, 0.3) is 5.91 Å². The Morgan fingerprint density at radius 1 is 1.10 bits per heavy atom. The van der Waals surface area contributed by atoms with Crippen molar-refractivity contribution in [2.75, 3.05) is 5.32 Å². The maximum absolute atomic E-state index is 12.7. The molecule has 4 aliphatic carbocycles. The molecule has 2 aromatic heterocycles. The van der Waals surface area contributed by atoms with Crippen molar-refractivity contribution >= 4 is 22.4 Å². The van der Waals surface area contributed by atoms with E-state index in [1.807, 2.05) is 30.3 Å². The van der Waals surface area contributed by atoms with Gasteiger partial charge < -0.3 is 4.74 Å². The van der Waals surface area contributed by atoms with Gasteiger partial charge in [0.05, 0.1) is 5.69 Å². The second-order valence-electron chi connectivity index (χ2n) is 9.52. The van der Waals surface area contributed by atoms with E-state index in [4.69, 9.17) is 9.72 Å². The molecule has 4 bridgehead atoms. The third-order valence-corrected chi connectivity index (χ3v) is 8.04. The first-order valence-corrected chi connectivity index (χ1v) is 12.0. The van der Waals surface area contributed by atoms with Gasteiger partial charge in [0.15, 0.2) is 17.6 Å². The summed E-state index contributed by atoms with van der Waals surface area (Å²) in [4.78, 5) is 17.6. The number of nitrogens with one attached hydrogen (secondary N) is 1. The van der Waals surface area contributed by atoms with Crippen molar-refractivity contribution in [3.8, 4) is 5.75 Å². The number of hydrogen-bond acceptors (Lipinski definition) is 5. The predicted molar refractivity (Wildman–Crippen MR) is 119 cm³/mol. The second kappa shape index (κ2) is 7.48. The zero-order valence-electron chi connectivity index (χ0n) is 17.4. The molecule has 160 valence electrons. The Labute approximate surface area is 185 Å². The molecule has 1 amide bonds. The van der Waals surface area contributed by atoms with Crippen molar-refractivity contribution in [1.29, 1.82) is 0 Å². The number of nitrogens with zero attached hydrogens (tertiary/aromatic N) is 3. The molecular formula is C24H26N4O2S. The van der Waals surface area contributed by atoms with Gasteiger partial charge in [-0.1, -0.05) is 18.2 Å². The molecule has 6 nitrogen and oxygen atoms in total. The molecule has 4 fully saturated rings. The van der Waals surface area contributed by atoms with Gasteiger partial charge in [-0.2, -0.15) is 5.10 Å². The van der Waals surface area contributed by atoms with Crippen LogP contribution in [0.3, 0.4) is 0 Å². The number of rotatable bonds is 6. The highest BCUT2D eigenvalue weighted by molar-refractivity contribution is 7.14. The van der Waals surface area contributed by atoms with Crippen LogP contribution in [0.4, 0.5) is 5.13 Å². The van der Waals surface area contributed by atoms with Crippen LogP contribution in [0.1, 0.15) is 54.7 Å². The number of para-hydroxylation sites is 1. The third-order valence-electron chi connectivity index (χ3n) is 7.29. The first kappa shape index (κ1) is 19.0. The number of hydrogen-bond donors (Lipinski definition) is 1. The zero-order valence-corrected chi connectivity index (χ0v) is 18.2. The van der Waals surface area contributed by atoms with Crippen molar-refractivity contribution in [3.05, 3.63) is 59.4 Å². The van der Waals surface area contributed by atoms with Gasteiger partial charge in [-0.3, -0.25) is 10.1 Å². The van der Waals surface area contributed by atoms with E-state index in [-0.39, 0.29) is 18.1 Å². The minimum absolute atomic E-state index is 0.232. The molecule has 3 aromatic rings. The van der Waals surface area contributed by atoms with Crippen LogP contribution in [-0.4, -0.2) is 20.7 Å². The average Bonchev–Trinajstić information content (AvgIpc) is 3.42. The molecule has 0 atom stereocenters. The smallest absolute Gasteiger partial charge is 0.277 e. The predicted octanol–water partition coefficient (Wildman–Crippen LogP) is 5.10. The average molecular weight is 435 g/mol. The van der Waals surface area contributed by atoms with Crippen LogP contribution in [0.15, 0.2) is 48.0 Å². The standard InChI is InChI=1S/C24H26N4O2S/c29-22(20-6-7-28(27-20)15-30-19-4-2-1-3-5-19)26-23-25-21(14-31-23)24-11-16-8-17(12-24)10-18(9-16)13-24/h1-7,14,16-18H,8-13,15H2,(H,25,26,29). The third kappa shape index (κ3) is 3.65. The lowest BCUT2D eigenvalue weighted by molar-refractivity contribution is -0.00688. The Morgan fingerprint density at radius 3 is 2.52 bits per heavy atom. The summed E-state index contributed by atoms with van der Waals surface area (Å²) in [6, 6.07) is 11.3. The van der Waals surface area contributed by atoms with Gasteiger partial charge in [-0.25, -0.2) is 9.67 Å². The molecule has 1 aromatic carbocycles. The van der Waals surface area contributed by atoms with Crippen molar-refractivity contribution in [3.63, 3.8) is 0 Å². The SMILES string of the molecule is O=C(Nc1nc(C23CC4CC(CC(C4)C2)C3)cs1)c1ccn(COc2ccccc2)n1. The van der Waals surface area contributed by atoms with E-state index >= 15 is 0 Å². The fourth-order valence-electron chi connectivity index (χ4n) is 6.37. The van der Waals surface area contributed by atoms with Crippen molar-refractivity contribution < 1.29 is 9.53 Å². The number of ether oxygens (including phenoxy) is 1. The Morgan fingerprint density at radius 2 is 1.81 bits per heavy atom. The number of benzene rings is 1. The Hall–Kier alpha value is -2.67. The summed E-state index contributed by atoms with van der Waals surface area (Å²) in [7, 11) is 0. The van der Waals surface area contributed by atoms with E-state index < -0.39 is 0 Å². The molecule has 7 heteroatoms. The lowest BCUT2D eigenvalue weighted by atomic mass is 9.49. The molecule has 31 heavy (non-hydrogen) atoms. The fourth-order valence-corrected chi connectivity index (χ4v) is 7.20. The van der Waals surface area contributed by atoms with E-state index in [1.165, 1.54) is 55.6 Å². The quantitative estimate of drug-likeness (QED) is 0.586. The Kier molecular flexibility index (Phi) is 4.60. The summed E-state index contributed by atoms with van der Waals surface area (Å²) in [6.45, 7) is 0.255. The summed E-state index contributed by atoms with van der Waals surface area (Å²) < 4.78 is 7.30. The molecule has 0 unspecified atom stereocenters. The first-order chi connectivity index (χ1) is 15.1. The van der Waals surface area contributed by atoms with Crippen LogP contribution in [0.25, 0.3) is 0 Å². The zero-order chi connectivity index (χ0) is 20.8.